The van der Waals surface area contributed by atoms with Crippen LogP contribution in [-0.4, -0.2) is 112 Å². The molecular weight excluding hydrogens is 732 g/mol. The monoisotopic (exact) mass is 796 g/mol. The van der Waals surface area contributed by atoms with E-state index >= 15 is 0 Å². The quantitative estimate of drug-likeness (QED) is 0.166. The number of hydrogen-bond donors (Lipinski definition) is 5. The van der Waals surface area contributed by atoms with Crippen LogP contribution >= 0.6 is 0 Å². The van der Waals surface area contributed by atoms with E-state index in [0.29, 0.717) is 44.7 Å². The molecule has 2 aliphatic heterocycles. The summed E-state index contributed by atoms with van der Waals surface area (Å²) in [6.07, 6.45) is 9.05. The topological polar surface area (TPSA) is 211 Å². The highest BCUT2D eigenvalue weighted by molar-refractivity contribution is 5.97. The second-order valence-electron chi connectivity index (χ2n) is 16.1. The fourth-order valence-electron chi connectivity index (χ4n) is 8.14. The molecule has 57 heavy (non-hydrogen) atoms. The van der Waals surface area contributed by atoms with Crippen molar-refractivity contribution < 1.29 is 43.5 Å². The number of nitrogens with one attached hydrogen (secondary N) is 4. The molecule has 1 aromatic carbocycles. The first-order chi connectivity index (χ1) is 27.2. The average Bonchev–Trinajstić information content (AvgIpc) is 3.66. The number of carbonyl (C=O) groups is 6. The van der Waals surface area contributed by atoms with Crippen LogP contribution in [0.5, 0.6) is 0 Å². The molecule has 0 radical (unpaired) electrons. The summed E-state index contributed by atoms with van der Waals surface area (Å²) >= 11 is 0. The van der Waals surface area contributed by atoms with Crippen molar-refractivity contribution in [2.45, 2.75) is 154 Å². The predicted octanol–water partition coefficient (Wildman–Crippen LogP) is 2.57. The van der Waals surface area contributed by atoms with Crippen LogP contribution in [0.1, 0.15) is 123 Å². The lowest BCUT2D eigenvalue weighted by Crippen LogP contribution is -2.61. The summed E-state index contributed by atoms with van der Waals surface area (Å²) in [4.78, 5) is 101. The van der Waals surface area contributed by atoms with Crippen LogP contribution in [-0.2, 0) is 38.4 Å². The number of likely N-dealkylation sites (tertiary alicyclic amines) is 2. The van der Waals surface area contributed by atoms with E-state index in [2.05, 4.69) is 21.3 Å². The Kier molecular flexibility index (Phi) is 19.3. The Bertz CT molecular complexity index is 1530. The zero-order valence-electron chi connectivity index (χ0n) is 34.3. The number of aliphatic hydroxyl groups is 1. The van der Waals surface area contributed by atoms with E-state index in [-0.39, 0.29) is 36.3 Å². The Morgan fingerprint density at radius 3 is 2.04 bits per heavy atom. The van der Waals surface area contributed by atoms with Gasteiger partial charge in [-0.1, -0.05) is 83.2 Å². The Hall–Kier alpha value is -4.62. The molecule has 0 bridgehead atoms. The molecule has 15 heteroatoms. The first-order valence-electron chi connectivity index (χ1n) is 20.7. The normalized spacial score (nSPS) is 21.8. The van der Waals surface area contributed by atoms with E-state index in [1.165, 1.54) is 31.1 Å². The SMILES string of the molecule is CCCNC(=O)[C@@H](NC(=O)[C@@H]1CC(c2ccccc2)CN1C(=O)[C@H](C)NC(=O)[C@@H]1CCCCN1C(=O)[C@@H](NC(=O)CCC1CCCCC1)C(C)C)[C@@H](C)O.O=C=O. The number of aliphatic hydroxyl groups excluding tert-OH is 1. The summed E-state index contributed by atoms with van der Waals surface area (Å²) in [6.45, 7) is 9.63. The van der Waals surface area contributed by atoms with E-state index < -0.39 is 59.9 Å². The second kappa shape index (κ2) is 23.6. The standard InChI is InChI=1S/C41H64N6O7.CO2/c1-6-22-42-39(52)36(28(5)48)45-38(51)33-24-31(30-17-11-8-12-18-30)25-47(33)40(53)27(4)43-37(50)32-19-13-14-23-46(32)41(54)35(26(2)3)44-34(49)21-20-29-15-9-7-10-16-29;2-1-3/h8,11-12,17-18,26-29,31-33,35-36,48H,6-7,9-10,13-16,19-25H2,1-5H3,(H,42,52)(H,43,50)(H,44,49)(H,45,51);/t27-,28+,31?,32-,33-,35-,36-;/m0./s1. The maximum absolute atomic E-state index is 14.1. The van der Waals surface area contributed by atoms with Crippen LogP contribution < -0.4 is 21.3 Å². The van der Waals surface area contributed by atoms with Crippen LogP contribution in [0.4, 0.5) is 0 Å². The van der Waals surface area contributed by atoms with Crippen LogP contribution in [0.25, 0.3) is 0 Å². The van der Waals surface area contributed by atoms with Crippen molar-refractivity contribution in [3.63, 3.8) is 0 Å². The second-order valence-corrected chi connectivity index (χ2v) is 16.1. The molecule has 3 aliphatic rings. The number of rotatable bonds is 16. The van der Waals surface area contributed by atoms with Crippen molar-refractivity contribution in [1.29, 1.82) is 0 Å². The number of amides is 6. The zero-order chi connectivity index (χ0) is 42.1. The summed E-state index contributed by atoms with van der Waals surface area (Å²) in [5.41, 5.74) is 0.951. The first kappa shape index (κ1) is 46.8. The Morgan fingerprint density at radius 2 is 1.42 bits per heavy atom. The van der Waals surface area contributed by atoms with Gasteiger partial charge in [-0.3, -0.25) is 28.8 Å². The van der Waals surface area contributed by atoms with E-state index in [1.54, 1.807) is 11.8 Å². The van der Waals surface area contributed by atoms with Crippen molar-refractivity contribution in [2.24, 2.45) is 11.8 Å². The van der Waals surface area contributed by atoms with Gasteiger partial charge in [-0.05, 0) is 69.8 Å². The molecule has 1 aliphatic carbocycles. The van der Waals surface area contributed by atoms with Crippen molar-refractivity contribution in [3.8, 4) is 0 Å². The molecule has 2 heterocycles. The van der Waals surface area contributed by atoms with Crippen molar-refractivity contribution >= 4 is 41.6 Å². The molecule has 7 atom stereocenters. The number of benzene rings is 1. The summed E-state index contributed by atoms with van der Waals surface area (Å²) < 4.78 is 0. The van der Waals surface area contributed by atoms with E-state index in [4.69, 9.17) is 9.59 Å². The summed E-state index contributed by atoms with van der Waals surface area (Å²) in [7, 11) is 0. The predicted molar refractivity (Wildman–Crippen MR) is 211 cm³/mol. The fraction of sp³-hybridized carbons (Fsp3) is 0.690. The highest BCUT2D eigenvalue weighted by Gasteiger charge is 2.44. The molecule has 0 aromatic heterocycles. The Morgan fingerprint density at radius 1 is 0.789 bits per heavy atom. The smallest absolute Gasteiger partial charge is 0.373 e. The van der Waals surface area contributed by atoms with Gasteiger partial charge in [0.25, 0.3) is 0 Å². The van der Waals surface area contributed by atoms with Crippen LogP contribution in [0.2, 0.25) is 0 Å². The Labute approximate surface area is 336 Å². The third-order valence-electron chi connectivity index (χ3n) is 11.3. The molecule has 1 unspecified atom stereocenters. The van der Waals surface area contributed by atoms with Gasteiger partial charge in [0.15, 0.2) is 0 Å². The van der Waals surface area contributed by atoms with Crippen LogP contribution in [0.15, 0.2) is 30.3 Å². The molecule has 1 saturated carbocycles. The van der Waals surface area contributed by atoms with Gasteiger partial charge in [0, 0.05) is 32.0 Å². The third-order valence-corrected chi connectivity index (χ3v) is 11.3. The molecule has 2 saturated heterocycles. The number of hydrogen-bond acceptors (Lipinski definition) is 9. The molecular formula is C42H64N6O9. The average molecular weight is 797 g/mol. The van der Waals surface area contributed by atoms with Crippen LogP contribution in [0.3, 0.4) is 0 Å². The summed E-state index contributed by atoms with van der Waals surface area (Å²) in [5.74, 6) is -2.28. The van der Waals surface area contributed by atoms with E-state index in [1.807, 2.05) is 51.1 Å². The lowest BCUT2D eigenvalue weighted by atomic mass is 9.86. The molecule has 1 aromatic rings. The van der Waals surface area contributed by atoms with E-state index in [0.717, 1.165) is 37.7 Å². The third kappa shape index (κ3) is 13.8. The van der Waals surface area contributed by atoms with Gasteiger partial charge in [-0.2, -0.15) is 9.59 Å². The lowest BCUT2D eigenvalue weighted by molar-refractivity contribution is -0.191. The number of nitrogens with zero attached hydrogens (tertiary/aromatic N) is 2. The molecule has 6 amide bonds. The Balaban J connectivity index is 0.00000281. The number of carbonyl (C=O) groups excluding carboxylic acids is 8. The molecule has 5 N–H and O–H groups in total. The molecule has 4 rings (SSSR count). The van der Waals surface area contributed by atoms with Crippen molar-refractivity contribution in [3.05, 3.63) is 35.9 Å². The van der Waals surface area contributed by atoms with Gasteiger partial charge in [0.05, 0.1) is 6.10 Å². The highest BCUT2D eigenvalue weighted by Crippen LogP contribution is 2.33. The molecule has 3 fully saturated rings. The van der Waals surface area contributed by atoms with Crippen molar-refractivity contribution in [1.82, 2.24) is 31.1 Å². The first-order valence-corrected chi connectivity index (χ1v) is 20.7. The summed E-state index contributed by atoms with van der Waals surface area (Å²) in [6, 6.07) is 4.77. The van der Waals surface area contributed by atoms with Gasteiger partial charge in [-0.15, -0.1) is 0 Å². The maximum Gasteiger partial charge on any atom is 0.373 e. The maximum atomic E-state index is 14.1. The molecule has 316 valence electrons. The summed E-state index contributed by atoms with van der Waals surface area (Å²) in [5, 5.41) is 21.6. The largest absolute Gasteiger partial charge is 0.391 e. The van der Waals surface area contributed by atoms with Crippen LogP contribution in [0, 0.1) is 11.8 Å². The van der Waals surface area contributed by atoms with Crippen molar-refractivity contribution in [2.75, 3.05) is 19.6 Å². The minimum atomic E-state index is -1.21. The zero-order valence-corrected chi connectivity index (χ0v) is 34.3. The fourth-order valence-corrected chi connectivity index (χ4v) is 8.14. The minimum absolute atomic E-state index is 0.149. The lowest BCUT2D eigenvalue weighted by Gasteiger charge is -2.38. The molecule has 0 spiro atoms. The van der Waals surface area contributed by atoms with Gasteiger partial charge < -0.3 is 36.2 Å². The van der Waals surface area contributed by atoms with Gasteiger partial charge in [-0.25, -0.2) is 0 Å². The van der Waals surface area contributed by atoms with Gasteiger partial charge in [0.2, 0.25) is 35.4 Å². The van der Waals surface area contributed by atoms with Gasteiger partial charge >= 0.3 is 6.15 Å². The highest BCUT2D eigenvalue weighted by atomic mass is 16.3. The van der Waals surface area contributed by atoms with Gasteiger partial charge in [0.1, 0.15) is 30.2 Å². The molecule has 15 nitrogen and oxygen atoms in total. The number of piperidine rings is 1. The van der Waals surface area contributed by atoms with E-state index in [9.17, 15) is 33.9 Å². The minimum Gasteiger partial charge on any atom is -0.391 e.